The highest BCUT2D eigenvalue weighted by molar-refractivity contribution is 6.30. The summed E-state index contributed by atoms with van der Waals surface area (Å²) in [5, 5.41) is 0.542. The zero-order chi connectivity index (χ0) is 21.1. The van der Waals surface area contributed by atoms with E-state index in [1.54, 1.807) is 36.2 Å². The molecule has 0 saturated carbocycles. The van der Waals surface area contributed by atoms with Crippen molar-refractivity contribution in [1.82, 2.24) is 0 Å². The number of hydrogen-bond donors (Lipinski definition) is 0. The number of ether oxygens (including phenoxy) is 2. The number of esters is 2. The minimum Gasteiger partial charge on any atom is -0.463 e. The standard InChI is InChI=1S/C22H20ClNO5/c1-13(25)29-19(22(27)28-3)12-17(14-8-10-15(23)11-9-14)20-16-6-4-5-7-18(16)24(2)21(20)26/h4-12,17,20H,1-3H3/b19-12-/t17-,20+/m0/s1. The number of carbonyl (C=O) groups is 3. The molecular weight excluding hydrogens is 394 g/mol. The molecule has 0 saturated heterocycles. The van der Waals surface area contributed by atoms with Gasteiger partial charge in [-0.3, -0.25) is 9.59 Å². The highest BCUT2D eigenvalue weighted by Crippen LogP contribution is 2.45. The molecular formula is C22H20ClNO5. The van der Waals surface area contributed by atoms with E-state index in [0.29, 0.717) is 5.02 Å². The number of para-hydroxylation sites is 1. The molecule has 1 aliphatic heterocycles. The number of allylic oxidation sites excluding steroid dienone is 1. The first-order valence-corrected chi connectivity index (χ1v) is 9.31. The molecule has 0 spiro atoms. The number of amides is 1. The molecule has 2 aromatic carbocycles. The van der Waals surface area contributed by atoms with Crippen molar-refractivity contribution in [3.8, 4) is 0 Å². The van der Waals surface area contributed by atoms with E-state index in [9.17, 15) is 14.4 Å². The second kappa shape index (κ2) is 8.49. The van der Waals surface area contributed by atoms with Gasteiger partial charge in [-0.1, -0.05) is 41.9 Å². The fraction of sp³-hybridized carbons (Fsp3) is 0.227. The van der Waals surface area contributed by atoms with Gasteiger partial charge >= 0.3 is 11.9 Å². The third-order valence-corrected chi connectivity index (χ3v) is 5.07. The van der Waals surface area contributed by atoms with Crippen molar-refractivity contribution in [3.05, 3.63) is 76.5 Å². The highest BCUT2D eigenvalue weighted by atomic mass is 35.5. The molecule has 29 heavy (non-hydrogen) atoms. The highest BCUT2D eigenvalue weighted by Gasteiger charge is 2.40. The van der Waals surface area contributed by atoms with Crippen LogP contribution in [0.2, 0.25) is 5.02 Å². The van der Waals surface area contributed by atoms with Crippen LogP contribution in [0.4, 0.5) is 5.69 Å². The van der Waals surface area contributed by atoms with Gasteiger partial charge in [0.05, 0.1) is 13.0 Å². The van der Waals surface area contributed by atoms with Gasteiger partial charge in [-0.15, -0.1) is 0 Å². The number of carbonyl (C=O) groups excluding carboxylic acids is 3. The number of fused-ring (bicyclic) bond motifs is 1. The Labute approximate surface area is 173 Å². The van der Waals surface area contributed by atoms with Crippen LogP contribution in [0.5, 0.6) is 0 Å². The number of methoxy groups -OCH3 is 1. The summed E-state index contributed by atoms with van der Waals surface area (Å²) in [5.74, 6) is -3.04. The first-order valence-electron chi connectivity index (χ1n) is 8.94. The molecule has 0 unspecified atom stereocenters. The zero-order valence-corrected chi connectivity index (χ0v) is 17.0. The lowest BCUT2D eigenvalue weighted by Crippen LogP contribution is -2.27. The van der Waals surface area contributed by atoms with E-state index >= 15 is 0 Å². The number of anilines is 1. The lowest BCUT2D eigenvalue weighted by molar-refractivity contribution is -0.148. The van der Waals surface area contributed by atoms with Crippen molar-refractivity contribution >= 4 is 35.1 Å². The molecule has 1 amide bonds. The van der Waals surface area contributed by atoms with Gasteiger partial charge in [0, 0.05) is 30.6 Å². The minimum absolute atomic E-state index is 0.130. The minimum atomic E-state index is -0.800. The van der Waals surface area contributed by atoms with Gasteiger partial charge in [0.25, 0.3) is 0 Å². The van der Waals surface area contributed by atoms with Crippen LogP contribution >= 0.6 is 11.6 Å². The molecule has 0 aliphatic carbocycles. The van der Waals surface area contributed by atoms with E-state index in [-0.39, 0.29) is 11.7 Å². The summed E-state index contributed by atoms with van der Waals surface area (Å²) in [6.07, 6.45) is 1.47. The Morgan fingerprint density at radius 1 is 1.14 bits per heavy atom. The maximum Gasteiger partial charge on any atom is 0.373 e. The Balaban J connectivity index is 2.17. The molecule has 0 N–H and O–H groups in total. The van der Waals surface area contributed by atoms with Crippen LogP contribution in [0, 0.1) is 0 Å². The number of nitrogens with zero attached hydrogens (tertiary/aromatic N) is 1. The van der Waals surface area contributed by atoms with Gasteiger partial charge in [-0.05, 0) is 35.4 Å². The molecule has 0 aromatic heterocycles. The third-order valence-electron chi connectivity index (χ3n) is 4.82. The van der Waals surface area contributed by atoms with Crippen LogP contribution in [0.15, 0.2) is 60.4 Å². The Morgan fingerprint density at radius 3 is 2.41 bits per heavy atom. The predicted molar refractivity (Wildman–Crippen MR) is 109 cm³/mol. The summed E-state index contributed by atoms with van der Waals surface area (Å²) in [7, 11) is 2.90. The van der Waals surface area contributed by atoms with Crippen molar-refractivity contribution in [2.24, 2.45) is 0 Å². The molecule has 1 aliphatic rings. The predicted octanol–water partition coefficient (Wildman–Crippen LogP) is 3.80. The van der Waals surface area contributed by atoms with E-state index < -0.39 is 23.8 Å². The summed E-state index contributed by atoms with van der Waals surface area (Å²) in [5.41, 5.74) is 2.36. The SMILES string of the molecule is COC(=O)/C(=C/[C@@H](c1ccc(Cl)cc1)[C@@H]1C(=O)N(C)c2ccccc21)OC(C)=O. The van der Waals surface area contributed by atoms with Crippen LogP contribution < -0.4 is 4.90 Å². The van der Waals surface area contributed by atoms with E-state index in [1.165, 1.54) is 20.1 Å². The number of rotatable bonds is 5. The van der Waals surface area contributed by atoms with Gasteiger partial charge in [0.2, 0.25) is 11.7 Å². The summed E-state index contributed by atoms with van der Waals surface area (Å²) in [6, 6.07) is 14.4. The van der Waals surface area contributed by atoms with Crippen LogP contribution in [0.1, 0.15) is 29.9 Å². The van der Waals surface area contributed by atoms with E-state index in [2.05, 4.69) is 0 Å². The summed E-state index contributed by atoms with van der Waals surface area (Å²) >= 11 is 6.02. The summed E-state index contributed by atoms with van der Waals surface area (Å²) in [4.78, 5) is 38.4. The van der Waals surface area contributed by atoms with Crippen molar-refractivity contribution in [3.63, 3.8) is 0 Å². The molecule has 1 heterocycles. The first-order chi connectivity index (χ1) is 13.8. The molecule has 0 radical (unpaired) electrons. The van der Waals surface area contributed by atoms with Gasteiger partial charge in [-0.25, -0.2) is 4.79 Å². The Bertz CT molecular complexity index is 983. The summed E-state index contributed by atoms with van der Waals surface area (Å²) < 4.78 is 9.83. The number of hydrogen-bond acceptors (Lipinski definition) is 5. The normalized spacial score (nSPS) is 17.0. The summed E-state index contributed by atoms with van der Waals surface area (Å²) in [6.45, 7) is 1.19. The number of halogens is 1. The first kappa shape index (κ1) is 20.6. The van der Waals surface area contributed by atoms with Crippen LogP contribution in [-0.2, 0) is 23.9 Å². The topological polar surface area (TPSA) is 72.9 Å². The Kier molecular flexibility index (Phi) is 6.03. The van der Waals surface area contributed by atoms with Gasteiger partial charge in [0.1, 0.15) is 0 Å². The molecule has 0 fully saturated rings. The van der Waals surface area contributed by atoms with E-state index in [0.717, 1.165) is 16.8 Å². The second-order valence-corrected chi connectivity index (χ2v) is 7.06. The van der Waals surface area contributed by atoms with Gasteiger partial charge in [0.15, 0.2) is 0 Å². The molecule has 2 aromatic rings. The lowest BCUT2D eigenvalue weighted by atomic mass is 9.81. The average Bonchev–Trinajstić information content (AvgIpc) is 2.96. The Morgan fingerprint density at radius 2 is 1.79 bits per heavy atom. The van der Waals surface area contributed by atoms with Crippen molar-refractivity contribution in [1.29, 1.82) is 0 Å². The third kappa shape index (κ3) is 4.17. The quantitative estimate of drug-likeness (QED) is 0.423. The van der Waals surface area contributed by atoms with Crippen LogP contribution in [-0.4, -0.2) is 32.0 Å². The molecule has 6 nitrogen and oxygen atoms in total. The van der Waals surface area contributed by atoms with Crippen LogP contribution in [0.3, 0.4) is 0 Å². The van der Waals surface area contributed by atoms with Crippen molar-refractivity contribution < 1.29 is 23.9 Å². The molecule has 7 heteroatoms. The smallest absolute Gasteiger partial charge is 0.373 e. The number of benzene rings is 2. The maximum absolute atomic E-state index is 13.1. The van der Waals surface area contributed by atoms with E-state index in [1.807, 2.05) is 24.3 Å². The van der Waals surface area contributed by atoms with Crippen LogP contribution in [0.25, 0.3) is 0 Å². The number of likely N-dealkylation sites (N-methyl/N-ethyl adjacent to an activating group) is 1. The van der Waals surface area contributed by atoms with Crippen molar-refractivity contribution in [2.75, 3.05) is 19.1 Å². The van der Waals surface area contributed by atoms with Gasteiger partial charge in [-0.2, -0.15) is 0 Å². The second-order valence-electron chi connectivity index (χ2n) is 6.63. The van der Waals surface area contributed by atoms with E-state index in [4.69, 9.17) is 21.1 Å². The Hall–Kier alpha value is -3.12. The van der Waals surface area contributed by atoms with Gasteiger partial charge < -0.3 is 14.4 Å². The molecule has 2 atom stereocenters. The fourth-order valence-electron chi connectivity index (χ4n) is 3.50. The molecule has 3 rings (SSSR count). The maximum atomic E-state index is 13.1. The monoisotopic (exact) mass is 413 g/mol. The lowest BCUT2D eigenvalue weighted by Gasteiger charge is -2.21. The largest absolute Gasteiger partial charge is 0.463 e. The van der Waals surface area contributed by atoms with Crippen molar-refractivity contribution in [2.45, 2.75) is 18.8 Å². The molecule has 150 valence electrons. The molecule has 0 bridgehead atoms. The fourth-order valence-corrected chi connectivity index (χ4v) is 3.62. The average molecular weight is 414 g/mol. The zero-order valence-electron chi connectivity index (χ0n) is 16.2.